The maximum Gasteiger partial charge on any atom is 0.191 e. The van der Waals surface area contributed by atoms with E-state index in [2.05, 4.69) is 39.7 Å². The molecule has 160 valence electrons. The van der Waals surface area contributed by atoms with Gasteiger partial charge in [-0.1, -0.05) is 24.3 Å². The predicted molar refractivity (Wildman–Crippen MR) is 126 cm³/mol. The van der Waals surface area contributed by atoms with Gasteiger partial charge in [0.05, 0.1) is 24.3 Å². The third-order valence-corrected chi connectivity index (χ3v) is 6.58. The first-order valence-electron chi connectivity index (χ1n) is 9.40. The van der Waals surface area contributed by atoms with Crippen molar-refractivity contribution in [3.63, 3.8) is 0 Å². The molecule has 29 heavy (non-hydrogen) atoms. The Morgan fingerprint density at radius 3 is 2.59 bits per heavy atom. The van der Waals surface area contributed by atoms with Gasteiger partial charge in [-0.05, 0) is 36.7 Å². The molecular formula is C20H29IN4O3S. The number of benzene rings is 1. The maximum atomic E-state index is 11.6. The highest BCUT2D eigenvalue weighted by atomic mass is 127. The van der Waals surface area contributed by atoms with E-state index in [1.807, 2.05) is 24.3 Å². The van der Waals surface area contributed by atoms with Crippen molar-refractivity contribution in [1.82, 2.24) is 15.5 Å². The van der Waals surface area contributed by atoms with Crippen LogP contribution in [0.4, 0.5) is 0 Å². The number of rotatable bonds is 7. The second-order valence-corrected chi connectivity index (χ2v) is 9.42. The van der Waals surface area contributed by atoms with Gasteiger partial charge in [0.2, 0.25) is 0 Å². The summed E-state index contributed by atoms with van der Waals surface area (Å²) in [5.74, 6) is 1.98. The number of hydrogen-bond acceptors (Lipinski definition) is 5. The summed E-state index contributed by atoms with van der Waals surface area (Å²) in [6.07, 6.45) is 2.31. The van der Waals surface area contributed by atoms with E-state index in [-0.39, 0.29) is 41.5 Å². The van der Waals surface area contributed by atoms with Crippen LogP contribution in [0, 0.1) is 0 Å². The molecule has 1 atom stereocenters. The maximum absolute atomic E-state index is 11.6. The molecule has 1 aliphatic rings. The summed E-state index contributed by atoms with van der Waals surface area (Å²) in [6.45, 7) is 2.16. The van der Waals surface area contributed by atoms with Crippen molar-refractivity contribution in [3.05, 3.63) is 59.5 Å². The van der Waals surface area contributed by atoms with Gasteiger partial charge in [0.1, 0.15) is 5.76 Å². The van der Waals surface area contributed by atoms with Crippen LogP contribution in [0.5, 0.6) is 0 Å². The molecule has 2 N–H and O–H groups in total. The van der Waals surface area contributed by atoms with Crippen molar-refractivity contribution in [2.75, 3.05) is 25.6 Å². The Morgan fingerprint density at radius 1 is 1.21 bits per heavy atom. The molecule has 3 rings (SSSR count). The van der Waals surface area contributed by atoms with E-state index in [0.29, 0.717) is 18.9 Å². The quantitative estimate of drug-likeness (QED) is 0.324. The van der Waals surface area contributed by atoms with Crippen LogP contribution in [0.25, 0.3) is 0 Å². The molecule has 1 saturated heterocycles. The van der Waals surface area contributed by atoms with Crippen molar-refractivity contribution < 1.29 is 12.8 Å². The summed E-state index contributed by atoms with van der Waals surface area (Å²) in [5, 5.41) is 6.52. The van der Waals surface area contributed by atoms with E-state index in [0.717, 1.165) is 18.8 Å². The summed E-state index contributed by atoms with van der Waals surface area (Å²) < 4.78 is 28.7. The average molecular weight is 532 g/mol. The molecule has 1 aliphatic heterocycles. The van der Waals surface area contributed by atoms with Crippen LogP contribution in [0.3, 0.4) is 0 Å². The zero-order valence-electron chi connectivity index (χ0n) is 16.8. The fraction of sp³-hybridized carbons (Fsp3) is 0.450. The molecule has 2 heterocycles. The average Bonchev–Trinajstić information content (AvgIpc) is 3.28. The molecule has 9 heteroatoms. The minimum absolute atomic E-state index is 0. The summed E-state index contributed by atoms with van der Waals surface area (Å²) in [7, 11) is 0.843. The Morgan fingerprint density at radius 2 is 1.97 bits per heavy atom. The number of sulfone groups is 1. The van der Waals surface area contributed by atoms with Crippen LogP contribution in [0.1, 0.15) is 23.3 Å². The smallest absolute Gasteiger partial charge is 0.191 e. The van der Waals surface area contributed by atoms with Gasteiger partial charge in [-0.3, -0.25) is 9.89 Å². The van der Waals surface area contributed by atoms with Gasteiger partial charge in [-0.2, -0.15) is 0 Å². The summed E-state index contributed by atoms with van der Waals surface area (Å²) in [5.41, 5.74) is 2.40. The van der Waals surface area contributed by atoms with Gasteiger partial charge >= 0.3 is 0 Å². The number of halogens is 1. The van der Waals surface area contributed by atoms with Crippen molar-refractivity contribution in [2.24, 2.45) is 4.99 Å². The summed E-state index contributed by atoms with van der Waals surface area (Å²) in [6, 6.07) is 12.1. The van der Waals surface area contributed by atoms with E-state index in [1.54, 1.807) is 13.3 Å². The Balaban J connectivity index is 0.00000300. The fourth-order valence-electron chi connectivity index (χ4n) is 3.38. The lowest BCUT2D eigenvalue weighted by Gasteiger charge is -2.20. The lowest BCUT2D eigenvalue weighted by molar-refractivity contribution is 0.287. The van der Waals surface area contributed by atoms with Gasteiger partial charge < -0.3 is 15.1 Å². The molecule has 0 radical (unpaired) electrons. The molecule has 1 aromatic heterocycles. The van der Waals surface area contributed by atoms with E-state index in [1.165, 1.54) is 11.1 Å². The van der Waals surface area contributed by atoms with Gasteiger partial charge in [0.15, 0.2) is 15.8 Å². The molecule has 2 aromatic rings. The van der Waals surface area contributed by atoms with Crippen molar-refractivity contribution in [1.29, 1.82) is 0 Å². The normalized spacial score (nSPS) is 18.4. The number of furan rings is 1. The highest BCUT2D eigenvalue weighted by Gasteiger charge is 2.28. The van der Waals surface area contributed by atoms with E-state index in [4.69, 9.17) is 4.42 Å². The van der Waals surface area contributed by atoms with Gasteiger partial charge in [0, 0.05) is 26.2 Å². The zero-order chi connectivity index (χ0) is 20.0. The monoisotopic (exact) mass is 532 g/mol. The van der Waals surface area contributed by atoms with Crippen LogP contribution < -0.4 is 10.6 Å². The van der Waals surface area contributed by atoms with Crippen LogP contribution in [-0.4, -0.2) is 50.9 Å². The van der Waals surface area contributed by atoms with Crippen LogP contribution >= 0.6 is 24.0 Å². The SMILES string of the molecule is CN=C(NCc1ccccc1CN(C)Cc1ccco1)NC1CCS(=O)(=O)C1.I. The largest absolute Gasteiger partial charge is 0.468 e. The van der Waals surface area contributed by atoms with Crippen molar-refractivity contribution in [2.45, 2.75) is 32.1 Å². The van der Waals surface area contributed by atoms with Gasteiger partial charge in [0.25, 0.3) is 0 Å². The molecule has 1 aromatic carbocycles. The molecule has 1 unspecified atom stereocenters. The highest BCUT2D eigenvalue weighted by Crippen LogP contribution is 2.14. The van der Waals surface area contributed by atoms with Gasteiger partial charge in [-0.25, -0.2) is 8.42 Å². The molecule has 0 saturated carbocycles. The molecule has 0 aliphatic carbocycles. The number of nitrogens with one attached hydrogen (secondary N) is 2. The Labute approximate surface area is 189 Å². The Kier molecular flexibility index (Phi) is 8.97. The summed E-state index contributed by atoms with van der Waals surface area (Å²) >= 11 is 0. The number of guanidine groups is 1. The molecule has 1 fully saturated rings. The highest BCUT2D eigenvalue weighted by molar-refractivity contribution is 14.0. The number of aliphatic imine (C=N–C) groups is 1. The molecule has 0 bridgehead atoms. The number of nitrogens with zero attached hydrogens (tertiary/aromatic N) is 2. The second kappa shape index (κ2) is 11.0. The van der Waals surface area contributed by atoms with Crippen molar-refractivity contribution >= 4 is 39.8 Å². The lowest BCUT2D eigenvalue weighted by atomic mass is 10.1. The predicted octanol–water partition coefficient (Wildman–Crippen LogP) is 2.38. The van der Waals surface area contributed by atoms with Gasteiger partial charge in [-0.15, -0.1) is 24.0 Å². The fourth-order valence-corrected chi connectivity index (χ4v) is 5.05. The first kappa shape index (κ1) is 23.7. The third kappa shape index (κ3) is 7.31. The van der Waals surface area contributed by atoms with E-state index < -0.39 is 9.84 Å². The van der Waals surface area contributed by atoms with E-state index >= 15 is 0 Å². The first-order valence-corrected chi connectivity index (χ1v) is 11.2. The molecule has 0 amide bonds. The Bertz CT molecular complexity index is 900. The molecule has 0 spiro atoms. The standard InChI is InChI=1S/C20H28N4O3S.HI/c1-21-20(23-18-9-11-28(25,26)15-18)22-12-16-6-3-4-7-17(16)13-24(2)14-19-8-5-10-27-19;/h3-8,10,18H,9,11-15H2,1-2H3,(H2,21,22,23);1H. The third-order valence-electron chi connectivity index (χ3n) is 4.81. The van der Waals surface area contributed by atoms with Crippen LogP contribution in [0.2, 0.25) is 0 Å². The Hall–Kier alpha value is -1.59. The first-order chi connectivity index (χ1) is 13.4. The topological polar surface area (TPSA) is 86.9 Å². The van der Waals surface area contributed by atoms with Crippen molar-refractivity contribution in [3.8, 4) is 0 Å². The molecule has 7 nitrogen and oxygen atoms in total. The van der Waals surface area contributed by atoms with Crippen LogP contribution in [-0.2, 0) is 29.5 Å². The lowest BCUT2D eigenvalue weighted by Crippen LogP contribution is -2.43. The molecular weight excluding hydrogens is 503 g/mol. The summed E-state index contributed by atoms with van der Waals surface area (Å²) in [4.78, 5) is 6.43. The zero-order valence-corrected chi connectivity index (χ0v) is 19.9. The second-order valence-electron chi connectivity index (χ2n) is 7.19. The number of hydrogen-bond donors (Lipinski definition) is 2. The minimum Gasteiger partial charge on any atom is -0.468 e. The van der Waals surface area contributed by atoms with E-state index in [9.17, 15) is 8.42 Å². The van der Waals surface area contributed by atoms with Crippen LogP contribution in [0.15, 0.2) is 52.1 Å². The minimum atomic E-state index is -2.92.